The van der Waals surface area contributed by atoms with Gasteiger partial charge in [0.15, 0.2) is 0 Å². The molecule has 1 aliphatic rings. The number of para-hydroxylation sites is 2. The lowest BCUT2D eigenvalue weighted by atomic mass is 9.96. The van der Waals surface area contributed by atoms with Gasteiger partial charge in [-0.15, -0.1) is 0 Å². The zero-order chi connectivity index (χ0) is 14.2. The fraction of sp³-hybridized carbons (Fsp3) is 0.429. The zero-order valence-corrected chi connectivity index (χ0v) is 10.8. The third-order valence-corrected chi connectivity index (χ3v) is 3.72. The summed E-state index contributed by atoms with van der Waals surface area (Å²) in [7, 11) is 0. The fourth-order valence-corrected chi connectivity index (χ4v) is 2.54. The van der Waals surface area contributed by atoms with Crippen molar-refractivity contribution in [3.05, 3.63) is 30.5 Å². The molecule has 3 nitrogen and oxygen atoms in total. The number of fused-ring (bicyclic) bond motifs is 1. The van der Waals surface area contributed by atoms with Gasteiger partial charge in [-0.25, -0.2) is 4.98 Å². The van der Waals surface area contributed by atoms with Crippen LogP contribution in [0.1, 0.15) is 12.8 Å². The van der Waals surface area contributed by atoms with Crippen LogP contribution >= 0.6 is 0 Å². The van der Waals surface area contributed by atoms with Crippen molar-refractivity contribution in [3.63, 3.8) is 0 Å². The van der Waals surface area contributed by atoms with Gasteiger partial charge in [0.25, 0.3) is 0 Å². The monoisotopic (exact) mass is 281 g/mol. The second kappa shape index (κ2) is 4.92. The first-order valence-corrected chi connectivity index (χ1v) is 6.57. The Hall–Kier alpha value is -1.85. The van der Waals surface area contributed by atoms with E-state index in [0.29, 0.717) is 18.9 Å². The van der Waals surface area contributed by atoms with Crippen LogP contribution in [0.4, 0.5) is 19.0 Å². The minimum Gasteiger partial charge on any atom is -0.355 e. The Bertz CT molecular complexity index is 604. The minimum atomic E-state index is -4.08. The lowest BCUT2D eigenvalue weighted by Crippen LogP contribution is -2.39. The zero-order valence-electron chi connectivity index (χ0n) is 10.8. The summed E-state index contributed by atoms with van der Waals surface area (Å²) in [6.07, 6.45) is -2.20. The molecule has 0 spiro atoms. The second-order valence-electron chi connectivity index (χ2n) is 5.02. The van der Waals surface area contributed by atoms with Gasteiger partial charge in [-0.05, 0) is 25.0 Å². The van der Waals surface area contributed by atoms with Gasteiger partial charge in [0, 0.05) is 13.1 Å². The van der Waals surface area contributed by atoms with Crippen LogP contribution < -0.4 is 4.90 Å². The third-order valence-electron chi connectivity index (χ3n) is 3.72. The lowest BCUT2D eigenvalue weighted by molar-refractivity contribution is -0.179. The van der Waals surface area contributed by atoms with Crippen LogP contribution in [0.3, 0.4) is 0 Å². The largest absolute Gasteiger partial charge is 0.391 e. The molecule has 1 aliphatic heterocycles. The van der Waals surface area contributed by atoms with Crippen LogP contribution in [0.25, 0.3) is 11.0 Å². The molecular weight excluding hydrogens is 267 g/mol. The quantitative estimate of drug-likeness (QED) is 0.802. The van der Waals surface area contributed by atoms with Crippen LogP contribution in [0.5, 0.6) is 0 Å². The Balaban J connectivity index is 1.76. The van der Waals surface area contributed by atoms with E-state index in [4.69, 9.17) is 0 Å². The number of nitrogens with zero attached hydrogens (tertiary/aromatic N) is 3. The highest BCUT2D eigenvalue weighted by Crippen LogP contribution is 2.35. The van der Waals surface area contributed by atoms with Crippen molar-refractivity contribution in [1.82, 2.24) is 9.97 Å². The number of piperidine rings is 1. The maximum Gasteiger partial charge on any atom is 0.391 e. The van der Waals surface area contributed by atoms with Gasteiger partial charge in [-0.2, -0.15) is 13.2 Å². The number of rotatable bonds is 1. The Morgan fingerprint density at radius 2 is 1.70 bits per heavy atom. The molecule has 0 unspecified atom stereocenters. The topological polar surface area (TPSA) is 29.0 Å². The third kappa shape index (κ3) is 2.55. The Kier molecular flexibility index (Phi) is 3.23. The van der Waals surface area contributed by atoms with Gasteiger partial charge in [0.05, 0.1) is 23.1 Å². The van der Waals surface area contributed by atoms with E-state index in [1.54, 1.807) is 6.20 Å². The summed E-state index contributed by atoms with van der Waals surface area (Å²) in [5, 5.41) is 0. The van der Waals surface area contributed by atoms with E-state index in [-0.39, 0.29) is 12.8 Å². The van der Waals surface area contributed by atoms with Crippen molar-refractivity contribution < 1.29 is 13.2 Å². The summed E-state index contributed by atoms with van der Waals surface area (Å²) < 4.78 is 37.9. The van der Waals surface area contributed by atoms with Crippen LogP contribution in [0.15, 0.2) is 30.5 Å². The second-order valence-corrected chi connectivity index (χ2v) is 5.02. The molecule has 0 bridgehead atoms. The van der Waals surface area contributed by atoms with Crippen molar-refractivity contribution in [2.45, 2.75) is 19.0 Å². The number of hydrogen-bond donors (Lipinski definition) is 0. The summed E-state index contributed by atoms with van der Waals surface area (Å²) >= 11 is 0. The van der Waals surface area contributed by atoms with E-state index in [1.807, 2.05) is 29.2 Å². The predicted molar refractivity (Wildman–Crippen MR) is 70.5 cm³/mol. The molecule has 1 aromatic heterocycles. The molecular formula is C14H14F3N3. The van der Waals surface area contributed by atoms with E-state index in [1.165, 1.54) is 0 Å². The maximum absolute atomic E-state index is 12.6. The molecule has 1 saturated heterocycles. The fourth-order valence-electron chi connectivity index (χ4n) is 2.54. The average molecular weight is 281 g/mol. The van der Waals surface area contributed by atoms with Crippen molar-refractivity contribution in [3.8, 4) is 0 Å². The molecule has 0 radical (unpaired) electrons. The molecule has 0 saturated carbocycles. The predicted octanol–water partition coefficient (Wildman–Crippen LogP) is 3.41. The lowest BCUT2D eigenvalue weighted by Gasteiger charge is -2.33. The number of halogens is 3. The number of anilines is 1. The van der Waals surface area contributed by atoms with Gasteiger partial charge < -0.3 is 4.90 Å². The van der Waals surface area contributed by atoms with Gasteiger partial charge >= 0.3 is 6.18 Å². The van der Waals surface area contributed by atoms with E-state index in [0.717, 1.165) is 11.0 Å². The molecule has 3 rings (SSSR count). The molecule has 0 aliphatic carbocycles. The van der Waals surface area contributed by atoms with Crippen molar-refractivity contribution in [2.24, 2.45) is 5.92 Å². The molecule has 6 heteroatoms. The first-order valence-electron chi connectivity index (χ1n) is 6.57. The van der Waals surface area contributed by atoms with Crippen LogP contribution in [0, 0.1) is 5.92 Å². The summed E-state index contributed by atoms with van der Waals surface area (Å²) in [5.74, 6) is -0.531. The number of alkyl halides is 3. The Morgan fingerprint density at radius 3 is 2.35 bits per heavy atom. The van der Waals surface area contributed by atoms with Crippen molar-refractivity contribution >= 4 is 16.9 Å². The number of benzene rings is 1. The maximum atomic E-state index is 12.6. The van der Waals surface area contributed by atoms with Gasteiger partial charge in [-0.1, -0.05) is 12.1 Å². The highest BCUT2D eigenvalue weighted by atomic mass is 19.4. The molecule has 20 heavy (non-hydrogen) atoms. The number of aromatic nitrogens is 2. The summed E-state index contributed by atoms with van der Waals surface area (Å²) in [6, 6.07) is 7.47. The first-order chi connectivity index (χ1) is 9.54. The van der Waals surface area contributed by atoms with Gasteiger partial charge in [0.2, 0.25) is 0 Å². The van der Waals surface area contributed by atoms with Crippen LogP contribution in [-0.2, 0) is 0 Å². The molecule has 106 valence electrons. The molecule has 2 heterocycles. The Labute approximate surface area is 114 Å². The van der Waals surface area contributed by atoms with E-state index < -0.39 is 12.1 Å². The standard InChI is InChI=1S/C14H14F3N3/c15-14(16,17)10-5-7-20(8-6-10)13-9-18-11-3-1-2-4-12(11)19-13/h1-4,9-10H,5-8H2. The molecule has 2 aromatic rings. The summed E-state index contributed by atoms with van der Waals surface area (Å²) in [6.45, 7) is 0.744. The van der Waals surface area contributed by atoms with Gasteiger partial charge in [-0.3, -0.25) is 4.98 Å². The van der Waals surface area contributed by atoms with Crippen molar-refractivity contribution in [2.75, 3.05) is 18.0 Å². The first kappa shape index (κ1) is 13.1. The Morgan fingerprint density at radius 1 is 1.05 bits per heavy atom. The molecule has 0 atom stereocenters. The molecule has 0 amide bonds. The van der Waals surface area contributed by atoms with Gasteiger partial charge in [0.1, 0.15) is 5.82 Å². The summed E-state index contributed by atoms with van der Waals surface area (Å²) in [5.41, 5.74) is 1.56. The molecule has 1 aromatic carbocycles. The van der Waals surface area contributed by atoms with E-state index in [9.17, 15) is 13.2 Å². The smallest absolute Gasteiger partial charge is 0.355 e. The minimum absolute atomic E-state index is 0.123. The van der Waals surface area contributed by atoms with Crippen molar-refractivity contribution in [1.29, 1.82) is 0 Å². The average Bonchev–Trinajstić information content (AvgIpc) is 2.46. The molecule has 0 N–H and O–H groups in total. The summed E-state index contributed by atoms with van der Waals surface area (Å²) in [4.78, 5) is 10.6. The highest BCUT2D eigenvalue weighted by Gasteiger charge is 2.41. The van der Waals surface area contributed by atoms with Crippen LogP contribution in [-0.4, -0.2) is 29.2 Å². The highest BCUT2D eigenvalue weighted by molar-refractivity contribution is 5.75. The van der Waals surface area contributed by atoms with Crippen LogP contribution in [0.2, 0.25) is 0 Å². The normalized spacial score (nSPS) is 17.6. The van der Waals surface area contributed by atoms with E-state index in [2.05, 4.69) is 9.97 Å². The number of hydrogen-bond acceptors (Lipinski definition) is 3. The van der Waals surface area contributed by atoms with E-state index >= 15 is 0 Å². The molecule has 1 fully saturated rings. The SMILES string of the molecule is FC(F)(F)C1CCN(c2cnc3ccccc3n2)CC1.